The summed E-state index contributed by atoms with van der Waals surface area (Å²) in [5.41, 5.74) is -3.60. The van der Waals surface area contributed by atoms with E-state index in [9.17, 15) is 48.4 Å². The summed E-state index contributed by atoms with van der Waals surface area (Å²) in [6, 6.07) is 7.67. The maximum absolute atomic E-state index is 14.0. The van der Waals surface area contributed by atoms with Gasteiger partial charge < -0.3 is 52.1 Å². The molecule has 3 heterocycles. The Morgan fingerprint density at radius 1 is 0.625 bits per heavy atom. The Kier molecular flexibility index (Phi) is 17.3. The smallest absolute Gasteiger partial charge is 0.303 e. The van der Waals surface area contributed by atoms with E-state index in [0.717, 1.165) is 60.0 Å². The molecule has 0 saturated carbocycles. The van der Waals surface area contributed by atoms with Crippen LogP contribution in [0.3, 0.4) is 0 Å². The maximum Gasteiger partial charge on any atom is 0.303 e. The summed E-state index contributed by atoms with van der Waals surface area (Å²) in [6.07, 6.45) is -15.1. The van der Waals surface area contributed by atoms with Gasteiger partial charge >= 0.3 is 47.8 Å². The fourth-order valence-electron chi connectivity index (χ4n) is 6.77. The van der Waals surface area contributed by atoms with E-state index in [2.05, 4.69) is 4.98 Å². The van der Waals surface area contributed by atoms with Crippen LogP contribution in [0.15, 0.2) is 34.2 Å². The molecule has 1 aromatic carbocycles. The molecular weight excluding hydrogens is 875 g/mol. The van der Waals surface area contributed by atoms with Gasteiger partial charge in [0, 0.05) is 61.0 Å². The van der Waals surface area contributed by atoms with Crippen LogP contribution < -0.4 is 10.3 Å². The zero-order chi connectivity index (χ0) is 47.6. The van der Waals surface area contributed by atoms with Crippen LogP contribution in [0.25, 0.3) is 11.3 Å². The SMILES string of the molecule is COc1ccc(-c2c(C#N)c(=O)nc(S[C@@H]3O[C@H](COC(C)=O)[C@@H](OC(C)=O)[C@H](OC(C)=O)[C@H]3OC(C)=O)n2[C@@H]2O[C@H](COC(C)=O)[C@@H](OC(C)=O)[C@H](OC(C)=O)[C@H]2OC(C)=O)cc1. The summed E-state index contributed by atoms with van der Waals surface area (Å²) >= 11 is 0.489. The average Bonchev–Trinajstić information content (AvgIpc) is 3.19. The number of benzene rings is 1. The third-order valence-corrected chi connectivity index (χ3v) is 10.1. The van der Waals surface area contributed by atoms with Gasteiger partial charge in [0.25, 0.3) is 5.56 Å². The Hall–Kier alpha value is -6.58. The van der Waals surface area contributed by atoms with Crippen molar-refractivity contribution in [3.05, 3.63) is 40.2 Å². The molecule has 1 aromatic heterocycles. The van der Waals surface area contributed by atoms with Crippen LogP contribution in [-0.2, 0) is 85.7 Å². The Labute approximate surface area is 368 Å². The number of nitriles is 1. The van der Waals surface area contributed by atoms with Gasteiger partial charge in [-0.25, -0.2) is 0 Å². The maximum atomic E-state index is 14.0. The Morgan fingerprint density at radius 3 is 1.48 bits per heavy atom. The summed E-state index contributed by atoms with van der Waals surface area (Å²) in [7, 11) is 1.39. The number of hydrogen-bond donors (Lipinski definition) is 0. The lowest BCUT2D eigenvalue weighted by molar-refractivity contribution is -0.269. The lowest BCUT2D eigenvalue weighted by Crippen LogP contribution is -2.62. The predicted molar refractivity (Wildman–Crippen MR) is 210 cm³/mol. The number of thioether (sulfide) groups is 1. The second-order valence-corrected chi connectivity index (χ2v) is 15.0. The highest BCUT2D eigenvalue weighted by atomic mass is 32.2. The molecule has 0 N–H and O–H groups in total. The van der Waals surface area contributed by atoms with E-state index in [0.29, 0.717) is 17.5 Å². The first-order chi connectivity index (χ1) is 30.1. The standard InChI is InChI=1S/C40H45N3O20S/c1-17(44)54-15-28-31(56-19(3)46)33(58-21(5)48)35(60-23(7)50)38(62-28)43-30(25-10-12-26(53-9)13-11-25)27(14-41)37(52)42-40(43)64-39-36(61-24(8)51)34(59-22(6)49)32(57-20(4)47)29(63-39)16-55-18(2)45/h10-13,28-29,31-36,38-39H,15-16H2,1-9H3/t28-,29-,31-,32-,33+,34+,35-,36-,38-,39+/m1/s1. The van der Waals surface area contributed by atoms with Crippen LogP contribution in [0.5, 0.6) is 5.75 Å². The second-order valence-electron chi connectivity index (χ2n) is 13.9. The van der Waals surface area contributed by atoms with Gasteiger partial charge in [-0.15, -0.1) is 0 Å². The summed E-state index contributed by atoms with van der Waals surface area (Å²) in [6.45, 7) is 6.92. The molecule has 2 aliphatic rings. The van der Waals surface area contributed by atoms with Crippen molar-refractivity contribution in [2.75, 3.05) is 20.3 Å². The van der Waals surface area contributed by atoms with E-state index in [4.69, 9.17) is 52.1 Å². The van der Waals surface area contributed by atoms with Crippen LogP contribution >= 0.6 is 11.8 Å². The average molecular weight is 920 g/mol. The minimum atomic E-state index is -1.87. The lowest BCUT2D eigenvalue weighted by atomic mass is 9.96. The van der Waals surface area contributed by atoms with Gasteiger partial charge in [-0.1, -0.05) is 11.8 Å². The van der Waals surface area contributed by atoms with Crippen LogP contribution in [0.2, 0.25) is 0 Å². The third kappa shape index (κ3) is 12.8. The molecule has 0 aliphatic carbocycles. The second kappa shape index (κ2) is 22.2. The summed E-state index contributed by atoms with van der Waals surface area (Å²) in [5.74, 6) is -6.96. The van der Waals surface area contributed by atoms with Crippen molar-refractivity contribution in [3.8, 4) is 23.1 Å². The highest BCUT2D eigenvalue weighted by Crippen LogP contribution is 2.43. The Balaban J connectivity index is 2.15. The van der Waals surface area contributed by atoms with Crippen molar-refractivity contribution in [2.45, 2.75) is 121 Å². The highest BCUT2D eigenvalue weighted by molar-refractivity contribution is 7.99. The van der Waals surface area contributed by atoms with Crippen LogP contribution in [0.1, 0.15) is 67.2 Å². The van der Waals surface area contributed by atoms with Gasteiger partial charge in [-0.05, 0) is 24.3 Å². The van der Waals surface area contributed by atoms with Gasteiger partial charge in [-0.3, -0.25) is 47.7 Å². The number of ether oxygens (including phenoxy) is 11. The number of rotatable bonds is 15. The Bertz CT molecular complexity index is 2220. The number of aromatic nitrogens is 2. The molecule has 2 saturated heterocycles. The number of hydrogen-bond acceptors (Lipinski definition) is 23. The first kappa shape index (κ1) is 50.1. The zero-order valence-corrected chi connectivity index (χ0v) is 36.7. The van der Waals surface area contributed by atoms with Crippen molar-refractivity contribution < 1.29 is 90.5 Å². The molecule has 0 spiro atoms. The van der Waals surface area contributed by atoms with Crippen molar-refractivity contribution in [1.82, 2.24) is 9.55 Å². The van der Waals surface area contributed by atoms with E-state index < -0.39 is 138 Å². The number of methoxy groups -OCH3 is 1. The summed E-state index contributed by atoms with van der Waals surface area (Å²) in [5, 5.41) is 10.1. The number of esters is 8. The first-order valence-corrected chi connectivity index (χ1v) is 20.0. The lowest BCUT2D eigenvalue weighted by Gasteiger charge is -2.46. The Morgan fingerprint density at radius 2 is 1.05 bits per heavy atom. The van der Waals surface area contributed by atoms with Crippen LogP contribution in [0, 0.1) is 11.3 Å². The first-order valence-electron chi connectivity index (χ1n) is 19.1. The molecule has 2 fully saturated rings. The normalized spacial score (nSPS) is 24.9. The number of nitrogens with zero attached hydrogens (tertiary/aromatic N) is 3. The van der Waals surface area contributed by atoms with Crippen LogP contribution in [-0.4, -0.2) is 132 Å². The minimum absolute atomic E-state index is 0.105. The fraction of sp³-hybridized carbons (Fsp3) is 0.525. The quantitative estimate of drug-likeness (QED) is 0.138. The molecule has 10 atom stereocenters. The molecule has 0 unspecified atom stereocenters. The molecule has 4 rings (SSSR count). The molecular formula is C40H45N3O20S. The molecule has 2 aromatic rings. The molecule has 0 amide bonds. The fourth-order valence-corrected chi connectivity index (χ4v) is 7.96. The van der Waals surface area contributed by atoms with Crippen molar-refractivity contribution in [1.29, 1.82) is 5.26 Å². The van der Waals surface area contributed by atoms with Gasteiger partial charge in [-0.2, -0.15) is 10.2 Å². The van der Waals surface area contributed by atoms with Crippen molar-refractivity contribution in [2.24, 2.45) is 0 Å². The number of carbonyl (C=O) groups excluding carboxylic acids is 8. The summed E-state index contributed by atoms with van der Waals surface area (Å²) < 4.78 is 63.3. The van der Waals surface area contributed by atoms with E-state index in [-0.39, 0.29) is 11.3 Å². The predicted octanol–water partition coefficient (Wildman–Crippen LogP) is 1.22. The van der Waals surface area contributed by atoms with Crippen LogP contribution in [0.4, 0.5) is 0 Å². The molecule has 24 heteroatoms. The van der Waals surface area contributed by atoms with Gasteiger partial charge in [0.15, 0.2) is 53.4 Å². The van der Waals surface area contributed by atoms with E-state index in [1.54, 1.807) is 0 Å². The zero-order valence-electron chi connectivity index (χ0n) is 35.9. The third-order valence-electron chi connectivity index (χ3n) is 8.96. The largest absolute Gasteiger partial charge is 0.497 e. The molecule has 0 radical (unpaired) electrons. The van der Waals surface area contributed by atoms with E-state index in [1.807, 2.05) is 6.07 Å². The van der Waals surface area contributed by atoms with Crippen molar-refractivity contribution >= 4 is 59.5 Å². The number of carbonyl (C=O) groups is 8. The molecule has 2 aliphatic heterocycles. The molecule has 346 valence electrons. The van der Waals surface area contributed by atoms with Gasteiger partial charge in [0.05, 0.1) is 12.8 Å². The van der Waals surface area contributed by atoms with Gasteiger partial charge in [0.1, 0.15) is 42.8 Å². The minimum Gasteiger partial charge on any atom is -0.497 e. The monoisotopic (exact) mass is 919 g/mol. The van der Waals surface area contributed by atoms with E-state index in [1.165, 1.54) is 31.4 Å². The topological polar surface area (TPSA) is 297 Å². The van der Waals surface area contributed by atoms with Gasteiger partial charge in [0.2, 0.25) is 0 Å². The summed E-state index contributed by atoms with van der Waals surface area (Å²) in [4.78, 5) is 118. The molecule has 23 nitrogen and oxygen atoms in total. The van der Waals surface area contributed by atoms with Crippen molar-refractivity contribution in [3.63, 3.8) is 0 Å². The highest BCUT2D eigenvalue weighted by Gasteiger charge is 2.56. The molecule has 64 heavy (non-hydrogen) atoms. The molecule has 0 bridgehead atoms. The van der Waals surface area contributed by atoms with E-state index >= 15 is 0 Å².